The lowest BCUT2D eigenvalue weighted by atomic mass is 10.1. The minimum atomic E-state index is -0.965. The summed E-state index contributed by atoms with van der Waals surface area (Å²) in [4.78, 5) is 11.9. The molecule has 2 N–H and O–H groups in total. The van der Waals surface area contributed by atoms with E-state index in [1.54, 1.807) is 24.3 Å². The quantitative estimate of drug-likeness (QED) is 0.884. The van der Waals surface area contributed by atoms with Crippen molar-refractivity contribution in [1.29, 1.82) is 0 Å². The van der Waals surface area contributed by atoms with Crippen LogP contribution in [-0.2, 0) is 4.79 Å². The van der Waals surface area contributed by atoms with Crippen molar-refractivity contribution in [3.8, 4) is 5.75 Å². The summed E-state index contributed by atoms with van der Waals surface area (Å²) < 4.78 is 18.3. The number of nitrogens with one attached hydrogen (secondary N) is 1. The first-order chi connectivity index (χ1) is 10.5. The molecule has 22 heavy (non-hydrogen) atoms. The minimum Gasteiger partial charge on any atom is -0.497 e. The maximum atomic E-state index is 13.3. The molecule has 0 radical (unpaired) electrons. The Morgan fingerprint density at radius 2 is 2.00 bits per heavy atom. The van der Waals surface area contributed by atoms with Gasteiger partial charge in [0.05, 0.1) is 19.6 Å². The van der Waals surface area contributed by atoms with Crippen molar-refractivity contribution < 1.29 is 19.0 Å². The molecule has 1 unspecified atom stereocenters. The molecule has 0 spiro atoms. The maximum absolute atomic E-state index is 13.3. The van der Waals surface area contributed by atoms with E-state index in [0.717, 1.165) is 0 Å². The first-order valence-electron chi connectivity index (χ1n) is 6.56. The molecular formula is C16H15ClFNO3. The summed E-state index contributed by atoms with van der Waals surface area (Å²) in [7, 11) is 1.41. The number of hydrogen-bond donors (Lipinski definition) is 2. The van der Waals surface area contributed by atoms with Crippen LogP contribution in [0, 0.1) is 5.82 Å². The Balaban J connectivity index is 2.00. The Hall–Kier alpha value is -2.11. The van der Waals surface area contributed by atoms with Crippen molar-refractivity contribution in [3.05, 3.63) is 58.9 Å². The third-order valence-electron chi connectivity index (χ3n) is 3.02. The molecule has 0 aliphatic heterocycles. The van der Waals surface area contributed by atoms with Gasteiger partial charge in [-0.15, -0.1) is 0 Å². The zero-order valence-electron chi connectivity index (χ0n) is 11.8. The monoisotopic (exact) mass is 323 g/mol. The molecule has 0 aliphatic carbocycles. The molecule has 1 amide bonds. The predicted molar refractivity (Wildman–Crippen MR) is 82.6 cm³/mol. The second kappa shape index (κ2) is 7.24. The highest BCUT2D eigenvalue weighted by molar-refractivity contribution is 6.30. The number of anilines is 1. The van der Waals surface area contributed by atoms with Crippen LogP contribution in [0.3, 0.4) is 0 Å². The van der Waals surface area contributed by atoms with E-state index < -0.39 is 17.8 Å². The number of amides is 1. The third-order valence-corrected chi connectivity index (χ3v) is 3.28. The number of aliphatic hydroxyl groups is 1. The van der Waals surface area contributed by atoms with Crippen LogP contribution >= 0.6 is 11.6 Å². The molecule has 4 nitrogen and oxygen atoms in total. The molecule has 0 aliphatic rings. The fourth-order valence-electron chi connectivity index (χ4n) is 1.94. The van der Waals surface area contributed by atoms with Crippen LogP contribution < -0.4 is 10.1 Å². The third kappa shape index (κ3) is 4.44. The van der Waals surface area contributed by atoms with E-state index >= 15 is 0 Å². The number of methoxy groups -OCH3 is 1. The number of carbonyl (C=O) groups excluding carboxylic acids is 1. The highest BCUT2D eigenvalue weighted by Gasteiger charge is 2.14. The van der Waals surface area contributed by atoms with E-state index in [9.17, 15) is 14.3 Å². The van der Waals surface area contributed by atoms with Crippen LogP contribution in [0.2, 0.25) is 5.02 Å². The van der Waals surface area contributed by atoms with Gasteiger partial charge in [-0.2, -0.15) is 0 Å². The van der Waals surface area contributed by atoms with Crippen molar-refractivity contribution >= 4 is 23.2 Å². The van der Waals surface area contributed by atoms with Crippen molar-refractivity contribution in [2.45, 2.75) is 12.5 Å². The summed E-state index contributed by atoms with van der Waals surface area (Å²) in [5.74, 6) is -0.656. The maximum Gasteiger partial charge on any atom is 0.227 e. The zero-order chi connectivity index (χ0) is 16.1. The van der Waals surface area contributed by atoms with Crippen LogP contribution in [0.5, 0.6) is 5.75 Å². The molecular weight excluding hydrogens is 309 g/mol. The Bertz CT molecular complexity index is 661. The van der Waals surface area contributed by atoms with Crippen molar-refractivity contribution in [2.75, 3.05) is 12.4 Å². The minimum absolute atomic E-state index is 0.152. The second-order valence-electron chi connectivity index (χ2n) is 4.70. The van der Waals surface area contributed by atoms with Gasteiger partial charge in [-0.3, -0.25) is 4.79 Å². The SMILES string of the molecule is COc1cc(F)cc(NC(=O)CC(O)c2ccc(Cl)cc2)c1. The molecule has 0 fully saturated rings. The Kier molecular flexibility index (Phi) is 5.35. The van der Waals surface area contributed by atoms with Crippen molar-refractivity contribution in [1.82, 2.24) is 0 Å². The first-order valence-corrected chi connectivity index (χ1v) is 6.93. The molecule has 0 saturated heterocycles. The number of benzene rings is 2. The van der Waals surface area contributed by atoms with Gasteiger partial charge in [0, 0.05) is 22.8 Å². The summed E-state index contributed by atoms with van der Waals surface area (Å²) in [6.45, 7) is 0. The van der Waals surface area contributed by atoms with Crippen LogP contribution in [0.25, 0.3) is 0 Å². The number of carbonyl (C=O) groups is 1. The van der Waals surface area contributed by atoms with E-state index in [0.29, 0.717) is 16.3 Å². The van der Waals surface area contributed by atoms with E-state index in [4.69, 9.17) is 16.3 Å². The largest absolute Gasteiger partial charge is 0.497 e. The first kappa shape index (κ1) is 16.3. The standard InChI is InChI=1S/C16H15ClFNO3/c1-22-14-7-12(18)6-13(8-14)19-16(21)9-15(20)10-2-4-11(17)5-3-10/h2-8,15,20H,9H2,1H3,(H,19,21). The molecule has 0 saturated carbocycles. The molecule has 2 aromatic carbocycles. The summed E-state index contributed by atoms with van der Waals surface area (Å²) >= 11 is 5.76. The Labute approximate surface area is 132 Å². The van der Waals surface area contributed by atoms with Gasteiger partial charge in [0.1, 0.15) is 11.6 Å². The molecule has 2 rings (SSSR count). The van der Waals surface area contributed by atoms with Gasteiger partial charge in [-0.05, 0) is 23.8 Å². The van der Waals surface area contributed by atoms with Gasteiger partial charge in [-0.25, -0.2) is 4.39 Å². The summed E-state index contributed by atoms with van der Waals surface area (Å²) in [5.41, 5.74) is 0.849. The lowest BCUT2D eigenvalue weighted by Crippen LogP contribution is -2.15. The molecule has 2 aromatic rings. The molecule has 1 atom stereocenters. The van der Waals surface area contributed by atoms with Crippen LogP contribution in [0.1, 0.15) is 18.1 Å². The van der Waals surface area contributed by atoms with E-state index in [2.05, 4.69) is 5.32 Å². The van der Waals surface area contributed by atoms with Crippen molar-refractivity contribution in [2.24, 2.45) is 0 Å². The van der Waals surface area contributed by atoms with Crippen LogP contribution in [0.4, 0.5) is 10.1 Å². The Morgan fingerprint density at radius 1 is 1.32 bits per heavy atom. The summed E-state index contributed by atoms with van der Waals surface area (Å²) in [6.07, 6.45) is -1.12. The molecule has 6 heteroatoms. The second-order valence-corrected chi connectivity index (χ2v) is 5.14. The number of rotatable bonds is 5. The average Bonchev–Trinajstić information content (AvgIpc) is 2.46. The van der Waals surface area contributed by atoms with Crippen molar-refractivity contribution in [3.63, 3.8) is 0 Å². The van der Waals surface area contributed by atoms with Gasteiger partial charge < -0.3 is 15.2 Å². The predicted octanol–water partition coefficient (Wildman–Crippen LogP) is 3.55. The molecule has 0 heterocycles. The highest BCUT2D eigenvalue weighted by atomic mass is 35.5. The number of hydrogen-bond acceptors (Lipinski definition) is 3. The van der Waals surface area contributed by atoms with Gasteiger partial charge >= 0.3 is 0 Å². The summed E-state index contributed by atoms with van der Waals surface area (Å²) in [5, 5.41) is 13.1. The van der Waals surface area contributed by atoms with Crippen LogP contribution in [-0.4, -0.2) is 18.1 Å². The highest BCUT2D eigenvalue weighted by Crippen LogP contribution is 2.22. The fourth-order valence-corrected chi connectivity index (χ4v) is 2.07. The topological polar surface area (TPSA) is 58.6 Å². The van der Waals surface area contributed by atoms with Gasteiger partial charge in [0.25, 0.3) is 0 Å². The Morgan fingerprint density at radius 3 is 2.64 bits per heavy atom. The normalized spacial score (nSPS) is 11.8. The van der Waals surface area contributed by atoms with Gasteiger partial charge in [0.15, 0.2) is 0 Å². The summed E-state index contributed by atoms with van der Waals surface area (Å²) in [6, 6.07) is 10.4. The smallest absolute Gasteiger partial charge is 0.227 e. The fraction of sp³-hybridized carbons (Fsp3) is 0.188. The molecule has 0 aromatic heterocycles. The van der Waals surface area contributed by atoms with Gasteiger partial charge in [-0.1, -0.05) is 23.7 Å². The van der Waals surface area contributed by atoms with Crippen LogP contribution in [0.15, 0.2) is 42.5 Å². The van der Waals surface area contributed by atoms with Gasteiger partial charge in [0.2, 0.25) is 5.91 Å². The molecule has 0 bridgehead atoms. The lowest BCUT2D eigenvalue weighted by molar-refractivity contribution is -0.118. The number of halogens is 2. The number of ether oxygens (including phenoxy) is 1. The zero-order valence-corrected chi connectivity index (χ0v) is 12.6. The van der Waals surface area contributed by atoms with E-state index in [1.807, 2.05) is 0 Å². The number of aliphatic hydroxyl groups excluding tert-OH is 1. The van der Waals surface area contributed by atoms with E-state index in [1.165, 1.54) is 25.3 Å². The molecule has 116 valence electrons. The van der Waals surface area contributed by atoms with E-state index in [-0.39, 0.29) is 12.1 Å². The lowest BCUT2D eigenvalue weighted by Gasteiger charge is -2.12. The average molecular weight is 324 g/mol.